The van der Waals surface area contributed by atoms with Gasteiger partial charge in [0.1, 0.15) is 16.9 Å². The van der Waals surface area contributed by atoms with Gasteiger partial charge in [-0.15, -0.1) is 0 Å². The lowest BCUT2D eigenvalue weighted by Crippen LogP contribution is -2.43. The Morgan fingerprint density at radius 3 is 2.53 bits per heavy atom. The van der Waals surface area contributed by atoms with Crippen molar-refractivity contribution >= 4 is 32.7 Å². The number of sulfone groups is 1. The third-order valence-corrected chi connectivity index (χ3v) is 6.89. The number of anilines is 1. The Balaban J connectivity index is 1.58. The molecule has 2 atom stereocenters. The number of fused-ring (bicyclic) bond motifs is 2. The molecule has 10 nitrogen and oxygen atoms in total. The number of piperidine rings is 1. The van der Waals surface area contributed by atoms with Crippen molar-refractivity contribution < 1.29 is 17.9 Å². The highest BCUT2D eigenvalue weighted by Crippen LogP contribution is 2.33. The number of aromatic nitrogens is 3. The molecule has 0 saturated carbocycles. The summed E-state index contributed by atoms with van der Waals surface area (Å²) in [5.41, 5.74) is 0.0368. The highest BCUT2D eigenvalue weighted by Gasteiger charge is 2.40. The molecule has 2 fully saturated rings. The zero-order chi connectivity index (χ0) is 23.4. The molecule has 0 bridgehead atoms. The van der Waals surface area contributed by atoms with E-state index in [4.69, 9.17) is 4.74 Å². The smallest absolute Gasteiger partial charge is 0.410 e. The van der Waals surface area contributed by atoms with Gasteiger partial charge in [0.05, 0.1) is 0 Å². The maximum absolute atomic E-state index is 13.1. The van der Waals surface area contributed by atoms with E-state index in [1.807, 2.05) is 25.7 Å². The molecule has 1 unspecified atom stereocenters. The van der Waals surface area contributed by atoms with E-state index < -0.39 is 15.4 Å². The first-order chi connectivity index (χ1) is 14.8. The normalized spacial score (nSPS) is 21.7. The largest absolute Gasteiger partial charge is 0.444 e. The summed E-state index contributed by atoms with van der Waals surface area (Å²) in [6.45, 7) is 8.20. The SMILES string of the molecule is Cn1c(=O)c(N2CCC3CN(C(=O)OC(C)(C)C)C[C@H]3C2)cc2cnc(S(C)(=O)=O)nc21. The second-order valence-corrected chi connectivity index (χ2v) is 11.6. The van der Waals surface area contributed by atoms with E-state index in [9.17, 15) is 18.0 Å². The van der Waals surface area contributed by atoms with Crippen molar-refractivity contribution in [1.29, 1.82) is 0 Å². The Morgan fingerprint density at radius 2 is 1.88 bits per heavy atom. The summed E-state index contributed by atoms with van der Waals surface area (Å²) in [4.78, 5) is 37.4. The van der Waals surface area contributed by atoms with Crippen LogP contribution < -0.4 is 10.5 Å². The zero-order valence-corrected chi connectivity index (χ0v) is 19.8. The molecular formula is C21H29N5O5S. The van der Waals surface area contributed by atoms with E-state index in [-0.39, 0.29) is 28.4 Å². The van der Waals surface area contributed by atoms with Crippen molar-refractivity contribution in [3.05, 3.63) is 22.6 Å². The molecule has 0 radical (unpaired) electrons. The van der Waals surface area contributed by atoms with Crippen molar-refractivity contribution in [1.82, 2.24) is 19.4 Å². The first-order valence-electron chi connectivity index (χ1n) is 10.6. The minimum Gasteiger partial charge on any atom is -0.444 e. The molecule has 32 heavy (non-hydrogen) atoms. The van der Waals surface area contributed by atoms with Crippen LogP contribution in [0.3, 0.4) is 0 Å². The number of rotatable bonds is 2. The van der Waals surface area contributed by atoms with Gasteiger partial charge in [-0.1, -0.05) is 0 Å². The molecule has 2 saturated heterocycles. The minimum absolute atomic E-state index is 0.240. The van der Waals surface area contributed by atoms with Crippen LogP contribution in [0, 0.1) is 11.8 Å². The van der Waals surface area contributed by atoms with Gasteiger partial charge in [-0.25, -0.2) is 18.2 Å². The summed E-state index contributed by atoms with van der Waals surface area (Å²) in [5, 5.41) is 0.292. The number of carbonyl (C=O) groups is 1. The van der Waals surface area contributed by atoms with Crippen molar-refractivity contribution in [2.24, 2.45) is 18.9 Å². The Labute approximate surface area is 187 Å². The Hall–Kier alpha value is -2.69. The van der Waals surface area contributed by atoms with E-state index in [0.717, 1.165) is 12.7 Å². The molecule has 4 rings (SSSR count). The molecule has 1 amide bonds. The molecular weight excluding hydrogens is 434 g/mol. The standard InChI is InChI=1S/C21H29N5O5S/c1-21(2,3)31-20(28)26-10-13-6-7-25(11-15(13)12-26)16-8-14-9-22-19(32(5,29)30)23-17(14)24(4)18(16)27/h8-9,13,15H,6-7,10-12H2,1-5H3/t13?,15-/m1/s1. The van der Waals surface area contributed by atoms with E-state index in [2.05, 4.69) is 9.97 Å². The fraction of sp³-hybridized carbons (Fsp3) is 0.619. The van der Waals surface area contributed by atoms with Crippen molar-refractivity contribution in [3.63, 3.8) is 0 Å². The van der Waals surface area contributed by atoms with Crippen LogP contribution in [0.2, 0.25) is 0 Å². The van der Waals surface area contributed by atoms with Gasteiger partial charge in [-0.3, -0.25) is 9.36 Å². The van der Waals surface area contributed by atoms with Gasteiger partial charge in [0.15, 0.2) is 0 Å². The number of aryl methyl sites for hydroxylation is 1. The van der Waals surface area contributed by atoms with E-state index in [1.165, 1.54) is 10.8 Å². The summed E-state index contributed by atoms with van der Waals surface area (Å²) >= 11 is 0. The van der Waals surface area contributed by atoms with Crippen LogP contribution in [0.25, 0.3) is 11.0 Å². The van der Waals surface area contributed by atoms with Crippen LogP contribution in [0.5, 0.6) is 0 Å². The highest BCUT2D eigenvalue weighted by atomic mass is 32.2. The molecule has 0 aromatic carbocycles. The average molecular weight is 464 g/mol. The molecule has 2 aromatic rings. The lowest BCUT2D eigenvalue weighted by atomic mass is 9.88. The summed E-state index contributed by atoms with van der Waals surface area (Å²) in [5.74, 6) is 0.629. The number of hydrogen-bond acceptors (Lipinski definition) is 8. The molecule has 0 spiro atoms. The van der Waals surface area contributed by atoms with Gasteiger partial charge in [0.25, 0.3) is 5.56 Å². The number of ether oxygens (including phenoxy) is 1. The summed E-state index contributed by atoms with van der Waals surface area (Å²) in [6.07, 6.45) is 3.05. The van der Waals surface area contributed by atoms with Gasteiger partial charge < -0.3 is 14.5 Å². The third kappa shape index (κ3) is 4.30. The van der Waals surface area contributed by atoms with Crippen molar-refractivity contribution in [2.75, 3.05) is 37.3 Å². The van der Waals surface area contributed by atoms with Gasteiger partial charge in [-0.05, 0) is 45.1 Å². The maximum atomic E-state index is 13.1. The first kappa shape index (κ1) is 22.5. The third-order valence-electron chi connectivity index (χ3n) is 6.03. The molecule has 2 aliphatic heterocycles. The van der Waals surface area contributed by atoms with Gasteiger partial charge >= 0.3 is 6.09 Å². The zero-order valence-electron chi connectivity index (χ0n) is 19.0. The molecule has 174 valence electrons. The highest BCUT2D eigenvalue weighted by molar-refractivity contribution is 7.90. The molecule has 2 aliphatic rings. The van der Waals surface area contributed by atoms with Crippen molar-refractivity contribution in [2.45, 2.75) is 37.9 Å². The van der Waals surface area contributed by atoms with Gasteiger partial charge in [0, 0.05) is 51.1 Å². The fourth-order valence-corrected chi connectivity index (χ4v) is 4.98. The maximum Gasteiger partial charge on any atom is 0.410 e. The van der Waals surface area contributed by atoms with Crippen LogP contribution in [0.4, 0.5) is 10.5 Å². The second kappa shape index (κ2) is 7.72. The summed E-state index contributed by atoms with van der Waals surface area (Å²) in [6, 6.07) is 1.73. The summed E-state index contributed by atoms with van der Waals surface area (Å²) < 4.78 is 30.5. The van der Waals surface area contributed by atoms with Crippen LogP contribution in [0.1, 0.15) is 27.2 Å². The van der Waals surface area contributed by atoms with Crippen molar-refractivity contribution in [3.8, 4) is 0 Å². The molecule has 0 aliphatic carbocycles. The quantitative estimate of drug-likeness (QED) is 0.615. The monoisotopic (exact) mass is 463 g/mol. The number of amides is 1. The van der Waals surface area contributed by atoms with Gasteiger partial charge in [-0.2, -0.15) is 4.98 Å². The number of nitrogens with zero attached hydrogens (tertiary/aromatic N) is 5. The Kier molecular flexibility index (Phi) is 5.43. The predicted molar refractivity (Wildman–Crippen MR) is 120 cm³/mol. The van der Waals surface area contributed by atoms with Crippen LogP contribution in [-0.4, -0.2) is 72.0 Å². The number of hydrogen-bond donors (Lipinski definition) is 0. The predicted octanol–water partition coefficient (Wildman–Crippen LogP) is 1.43. The fourth-order valence-electron chi connectivity index (χ4n) is 4.48. The number of carbonyl (C=O) groups excluding carboxylic acids is 1. The van der Waals surface area contributed by atoms with E-state index in [0.29, 0.717) is 43.2 Å². The topological polar surface area (TPSA) is 115 Å². The second-order valence-electron chi connectivity index (χ2n) is 9.74. The lowest BCUT2D eigenvalue weighted by molar-refractivity contribution is 0.0285. The Morgan fingerprint density at radius 1 is 1.19 bits per heavy atom. The molecule has 2 aromatic heterocycles. The summed E-state index contributed by atoms with van der Waals surface area (Å²) in [7, 11) is -2.00. The molecule has 4 heterocycles. The number of pyridine rings is 1. The van der Waals surface area contributed by atoms with E-state index >= 15 is 0 Å². The number of likely N-dealkylation sites (tertiary alicyclic amines) is 1. The average Bonchev–Trinajstić information content (AvgIpc) is 3.12. The molecule has 11 heteroatoms. The van der Waals surface area contributed by atoms with Crippen LogP contribution in [-0.2, 0) is 21.6 Å². The van der Waals surface area contributed by atoms with Crippen LogP contribution >= 0.6 is 0 Å². The minimum atomic E-state index is -3.58. The van der Waals surface area contributed by atoms with E-state index in [1.54, 1.807) is 18.0 Å². The van der Waals surface area contributed by atoms with Gasteiger partial charge in [0.2, 0.25) is 15.0 Å². The lowest BCUT2D eigenvalue weighted by Gasteiger charge is -2.35. The first-order valence-corrected chi connectivity index (χ1v) is 12.5. The molecule has 0 N–H and O–H groups in total. The van der Waals surface area contributed by atoms with Crippen LogP contribution in [0.15, 0.2) is 22.2 Å². The Bertz CT molecular complexity index is 1230.